The number of rotatable bonds is 3. The predicted octanol–water partition coefficient (Wildman–Crippen LogP) is 3.15. The van der Waals surface area contributed by atoms with Crippen LogP contribution in [-0.4, -0.2) is 25.2 Å². The number of nitrogens with one attached hydrogen (secondary N) is 2. The van der Waals surface area contributed by atoms with E-state index >= 15 is 0 Å². The quantitative estimate of drug-likeness (QED) is 0.897. The molecule has 1 fully saturated rings. The van der Waals surface area contributed by atoms with Crippen molar-refractivity contribution in [3.8, 4) is 0 Å². The van der Waals surface area contributed by atoms with E-state index in [1.807, 2.05) is 0 Å². The molecule has 2 N–H and O–H groups in total. The van der Waals surface area contributed by atoms with E-state index in [1.54, 1.807) is 12.1 Å². The second-order valence-corrected chi connectivity index (χ2v) is 4.98. The van der Waals surface area contributed by atoms with Gasteiger partial charge < -0.3 is 10.6 Å². The van der Waals surface area contributed by atoms with Crippen molar-refractivity contribution >= 4 is 24.0 Å². The molecule has 3 nitrogen and oxygen atoms in total. The Hall–Kier alpha value is -1.27. The Morgan fingerprint density at radius 3 is 2.67 bits per heavy atom. The summed E-state index contributed by atoms with van der Waals surface area (Å²) in [7, 11) is 0. The minimum absolute atomic E-state index is 0. The highest BCUT2D eigenvalue weighted by Crippen LogP contribution is 2.26. The van der Waals surface area contributed by atoms with Crippen LogP contribution in [0, 0.1) is 5.92 Å². The van der Waals surface area contributed by atoms with E-state index in [4.69, 9.17) is 0 Å². The molecule has 1 aliphatic rings. The van der Waals surface area contributed by atoms with Gasteiger partial charge in [-0.3, -0.25) is 4.79 Å². The first-order valence-electron chi connectivity index (χ1n) is 6.62. The fourth-order valence-corrected chi connectivity index (χ4v) is 2.32. The minimum Gasteiger partial charge on any atom is -0.326 e. The van der Waals surface area contributed by atoms with Crippen molar-refractivity contribution in [2.24, 2.45) is 5.92 Å². The molecular weight excluding hydrogens is 305 g/mol. The maximum Gasteiger partial charge on any atom is 0.393 e. The summed E-state index contributed by atoms with van der Waals surface area (Å²) in [5.74, 6) is -0.394. The van der Waals surface area contributed by atoms with Crippen molar-refractivity contribution in [2.45, 2.75) is 25.4 Å². The van der Waals surface area contributed by atoms with E-state index in [2.05, 4.69) is 10.6 Å². The first-order chi connectivity index (χ1) is 9.46. The summed E-state index contributed by atoms with van der Waals surface area (Å²) in [5.41, 5.74) is 0.345. The summed E-state index contributed by atoms with van der Waals surface area (Å²) < 4.78 is 37.5. The molecule has 1 saturated heterocycles. The van der Waals surface area contributed by atoms with Gasteiger partial charge in [0.15, 0.2) is 0 Å². The van der Waals surface area contributed by atoms with Crippen molar-refractivity contribution in [1.82, 2.24) is 5.32 Å². The second kappa shape index (κ2) is 7.66. The van der Waals surface area contributed by atoms with Crippen molar-refractivity contribution < 1.29 is 18.0 Å². The van der Waals surface area contributed by atoms with E-state index in [-0.39, 0.29) is 35.5 Å². The lowest BCUT2D eigenvalue weighted by molar-refractivity contribution is -0.127. The number of piperidine rings is 1. The fraction of sp³-hybridized carbons (Fsp3) is 0.500. The zero-order chi connectivity index (χ0) is 14.6. The third kappa shape index (κ3) is 5.55. The van der Waals surface area contributed by atoms with Crippen LogP contribution in [0.25, 0.3) is 0 Å². The summed E-state index contributed by atoms with van der Waals surface area (Å²) in [5, 5.41) is 5.74. The highest BCUT2D eigenvalue weighted by atomic mass is 35.5. The summed E-state index contributed by atoms with van der Waals surface area (Å²) >= 11 is 0. The number of carbonyl (C=O) groups excluding carboxylic acids is 1. The molecular formula is C14H18ClF3N2O. The van der Waals surface area contributed by atoms with Crippen LogP contribution in [0.4, 0.5) is 18.9 Å². The van der Waals surface area contributed by atoms with E-state index in [1.165, 1.54) is 12.1 Å². The van der Waals surface area contributed by atoms with Gasteiger partial charge in [0.1, 0.15) is 0 Å². The Morgan fingerprint density at radius 2 is 2.05 bits per heavy atom. The average molecular weight is 323 g/mol. The van der Waals surface area contributed by atoms with E-state index in [9.17, 15) is 18.0 Å². The second-order valence-electron chi connectivity index (χ2n) is 4.98. The van der Waals surface area contributed by atoms with Gasteiger partial charge in [-0.15, -0.1) is 12.4 Å². The first-order valence-corrected chi connectivity index (χ1v) is 6.62. The van der Waals surface area contributed by atoms with Crippen LogP contribution in [0.3, 0.4) is 0 Å². The maximum atomic E-state index is 12.5. The van der Waals surface area contributed by atoms with Gasteiger partial charge in [0.2, 0.25) is 5.91 Å². The molecule has 0 bridgehead atoms. The van der Waals surface area contributed by atoms with Gasteiger partial charge in [-0.2, -0.15) is 13.2 Å². The molecule has 0 aromatic heterocycles. The third-order valence-electron chi connectivity index (χ3n) is 3.33. The smallest absolute Gasteiger partial charge is 0.326 e. The Balaban J connectivity index is 0.00000220. The van der Waals surface area contributed by atoms with Crippen LogP contribution >= 0.6 is 12.4 Å². The maximum absolute atomic E-state index is 12.5. The Kier molecular flexibility index (Phi) is 6.48. The van der Waals surface area contributed by atoms with Crippen LogP contribution in [0.2, 0.25) is 0 Å². The fourth-order valence-electron chi connectivity index (χ4n) is 2.32. The molecule has 0 spiro atoms. The van der Waals surface area contributed by atoms with Gasteiger partial charge in [-0.1, -0.05) is 18.2 Å². The Labute approximate surface area is 127 Å². The number of hydrogen-bond acceptors (Lipinski definition) is 2. The molecule has 0 saturated carbocycles. The third-order valence-corrected chi connectivity index (χ3v) is 3.33. The molecule has 21 heavy (non-hydrogen) atoms. The molecule has 0 radical (unpaired) electrons. The lowest BCUT2D eigenvalue weighted by Crippen LogP contribution is -2.37. The summed E-state index contributed by atoms with van der Waals surface area (Å²) in [6.07, 6.45) is -3.65. The molecule has 1 aromatic carbocycles. The Bertz CT molecular complexity index is 474. The molecule has 1 aliphatic heterocycles. The van der Waals surface area contributed by atoms with E-state index < -0.39 is 12.6 Å². The summed E-state index contributed by atoms with van der Waals surface area (Å²) in [6, 6.07) is 6.06. The number of halogens is 4. The average Bonchev–Trinajstić information content (AvgIpc) is 2.40. The SMILES string of the molecule is Cl.O=C(Nc1ccccc1CC(F)(F)F)C1CCCNC1. The molecule has 1 heterocycles. The zero-order valence-corrected chi connectivity index (χ0v) is 12.2. The standard InChI is InChI=1S/C14H17F3N2O.ClH/c15-14(16,17)8-10-4-1-2-6-12(10)19-13(20)11-5-3-7-18-9-11;/h1-2,4,6,11,18H,3,5,7-9H2,(H,19,20);1H. The van der Waals surface area contributed by atoms with Crippen LogP contribution in [0.5, 0.6) is 0 Å². The molecule has 1 atom stereocenters. The topological polar surface area (TPSA) is 41.1 Å². The number of benzene rings is 1. The van der Waals surface area contributed by atoms with Crippen LogP contribution in [0.15, 0.2) is 24.3 Å². The highest BCUT2D eigenvalue weighted by molar-refractivity contribution is 5.93. The summed E-state index contributed by atoms with van der Waals surface area (Å²) in [6.45, 7) is 1.46. The zero-order valence-electron chi connectivity index (χ0n) is 11.4. The van der Waals surface area contributed by atoms with Crippen LogP contribution in [0.1, 0.15) is 18.4 Å². The Morgan fingerprint density at radius 1 is 1.33 bits per heavy atom. The highest BCUT2D eigenvalue weighted by Gasteiger charge is 2.29. The van der Waals surface area contributed by atoms with E-state index in [0.29, 0.717) is 6.54 Å². The molecule has 7 heteroatoms. The predicted molar refractivity (Wildman–Crippen MR) is 77.7 cm³/mol. The van der Waals surface area contributed by atoms with Gasteiger partial charge in [0, 0.05) is 12.2 Å². The molecule has 2 rings (SSSR count). The number of carbonyl (C=O) groups is 1. The number of hydrogen-bond donors (Lipinski definition) is 2. The first kappa shape index (κ1) is 17.8. The molecule has 0 aliphatic carbocycles. The van der Waals surface area contributed by atoms with Crippen molar-refractivity contribution in [2.75, 3.05) is 18.4 Å². The normalized spacial score (nSPS) is 18.7. The molecule has 1 aromatic rings. The van der Waals surface area contributed by atoms with E-state index in [0.717, 1.165) is 19.4 Å². The molecule has 1 unspecified atom stereocenters. The number of anilines is 1. The van der Waals surface area contributed by atoms with Gasteiger partial charge in [-0.05, 0) is 31.0 Å². The van der Waals surface area contributed by atoms with Gasteiger partial charge in [0.25, 0.3) is 0 Å². The monoisotopic (exact) mass is 322 g/mol. The van der Waals surface area contributed by atoms with Crippen LogP contribution < -0.4 is 10.6 Å². The molecule has 1 amide bonds. The van der Waals surface area contributed by atoms with Crippen molar-refractivity contribution in [1.29, 1.82) is 0 Å². The van der Waals surface area contributed by atoms with Crippen molar-refractivity contribution in [3.63, 3.8) is 0 Å². The van der Waals surface area contributed by atoms with Gasteiger partial charge >= 0.3 is 6.18 Å². The number of para-hydroxylation sites is 1. The lowest BCUT2D eigenvalue weighted by atomic mass is 9.98. The largest absolute Gasteiger partial charge is 0.393 e. The van der Waals surface area contributed by atoms with Crippen molar-refractivity contribution in [3.05, 3.63) is 29.8 Å². The minimum atomic E-state index is -4.28. The van der Waals surface area contributed by atoms with Gasteiger partial charge in [0.05, 0.1) is 12.3 Å². The lowest BCUT2D eigenvalue weighted by Gasteiger charge is -2.22. The number of amides is 1. The number of alkyl halides is 3. The summed E-state index contributed by atoms with van der Waals surface area (Å²) in [4.78, 5) is 12.1. The van der Waals surface area contributed by atoms with Gasteiger partial charge in [-0.25, -0.2) is 0 Å². The molecule has 118 valence electrons. The van der Waals surface area contributed by atoms with Crippen LogP contribution in [-0.2, 0) is 11.2 Å².